The first-order chi connectivity index (χ1) is 9.12. The number of likely N-dealkylation sites (N-methyl/N-ethyl adjacent to an activating group) is 1. The van der Waals surface area contributed by atoms with Gasteiger partial charge in [0.1, 0.15) is 0 Å². The lowest BCUT2D eigenvalue weighted by Gasteiger charge is -2.18. The van der Waals surface area contributed by atoms with Gasteiger partial charge in [0.2, 0.25) is 0 Å². The summed E-state index contributed by atoms with van der Waals surface area (Å²) < 4.78 is 5.13. The molecule has 0 bridgehead atoms. The van der Waals surface area contributed by atoms with Crippen LogP contribution in [0.3, 0.4) is 0 Å². The highest BCUT2D eigenvalue weighted by Crippen LogP contribution is 2.33. The summed E-state index contributed by atoms with van der Waals surface area (Å²) in [6, 6.07) is 3.77. The van der Waals surface area contributed by atoms with Crippen molar-refractivity contribution in [2.24, 2.45) is 0 Å². The molecular weight excluding hydrogens is 283 g/mol. The Morgan fingerprint density at radius 3 is 2.21 bits per heavy atom. The quantitative estimate of drug-likeness (QED) is 0.745. The van der Waals surface area contributed by atoms with E-state index in [1.165, 1.54) is 0 Å². The number of nitrogens with one attached hydrogen (secondary N) is 1. The average molecular weight is 305 g/mol. The van der Waals surface area contributed by atoms with Crippen LogP contribution in [-0.2, 0) is 6.54 Å². The summed E-state index contributed by atoms with van der Waals surface area (Å²) in [7, 11) is 1.56. The van der Waals surface area contributed by atoms with E-state index in [-0.39, 0.29) is 0 Å². The zero-order valence-electron chi connectivity index (χ0n) is 11.8. The monoisotopic (exact) mass is 304 g/mol. The van der Waals surface area contributed by atoms with Gasteiger partial charge in [-0.1, -0.05) is 37.0 Å². The van der Waals surface area contributed by atoms with Gasteiger partial charge in [0, 0.05) is 19.6 Å². The summed E-state index contributed by atoms with van der Waals surface area (Å²) in [5.41, 5.74) is 1.07. The third-order valence-electron chi connectivity index (χ3n) is 3.09. The van der Waals surface area contributed by atoms with Crippen molar-refractivity contribution < 1.29 is 4.74 Å². The Morgan fingerprint density at radius 2 is 1.74 bits per heavy atom. The normalized spacial score (nSPS) is 11.1. The van der Waals surface area contributed by atoms with Crippen LogP contribution in [0.2, 0.25) is 10.0 Å². The molecule has 0 spiro atoms. The van der Waals surface area contributed by atoms with Crippen molar-refractivity contribution in [2.75, 3.05) is 33.3 Å². The first-order valence-electron chi connectivity index (χ1n) is 6.57. The maximum absolute atomic E-state index is 6.10. The van der Waals surface area contributed by atoms with E-state index in [4.69, 9.17) is 27.9 Å². The van der Waals surface area contributed by atoms with E-state index in [1.807, 2.05) is 12.1 Å². The van der Waals surface area contributed by atoms with Gasteiger partial charge >= 0.3 is 0 Å². The van der Waals surface area contributed by atoms with Crippen molar-refractivity contribution in [3.8, 4) is 5.75 Å². The molecule has 1 aromatic carbocycles. The van der Waals surface area contributed by atoms with Gasteiger partial charge in [0.15, 0.2) is 5.75 Å². The molecule has 0 aliphatic carbocycles. The summed E-state index contributed by atoms with van der Waals surface area (Å²) >= 11 is 12.2. The van der Waals surface area contributed by atoms with Crippen molar-refractivity contribution in [2.45, 2.75) is 20.4 Å². The Hall–Kier alpha value is -0.480. The molecule has 5 heteroatoms. The van der Waals surface area contributed by atoms with E-state index >= 15 is 0 Å². The van der Waals surface area contributed by atoms with Gasteiger partial charge in [-0.3, -0.25) is 0 Å². The summed E-state index contributed by atoms with van der Waals surface area (Å²) in [6.07, 6.45) is 0. The van der Waals surface area contributed by atoms with Crippen molar-refractivity contribution in [1.29, 1.82) is 0 Å². The van der Waals surface area contributed by atoms with Gasteiger partial charge in [-0.15, -0.1) is 0 Å². The minimum atomic E-state index is 0.537. The first-order valence-corrected chi connectivity index (χ1v) is 7.32. The lowest BCUT2D eigenvalue weighted by Crippen LogP contribution is -2.31. The fourth-order valence-corrected chi connectivity index (χ4v) is 2.61. The maximum Gasteiger partial charge on any atom is 0.156 e. The molecule has 0 aliphatic heterocycles. The summed E-state index contributed by atoms with van der Waals surface area (Å²) in [6.45, 7) is 9.26. The van der Waals surface area contributed by atoms with Gasteiger partial charge in [-0.2, -0.15) is 0 Å². The molecule has 0 saturated heterocycles. The van der Waals surface area contributed by atoms with E-state index in [9.17, 15) is 0 Å². The molecule has 0 aliphatic rings. The standard InChI is InChI=1S/C14H22Cl2N2O/c1-4-18(5-2)7-6-17-10-11-8-12(15)14(19-3)13(16)9-11/h8-9,17H,4-7,10H2,1-3H3. The van der Waals surface area contributed by atoms with Gasteiger partial charge in [-0.05, 0) is 30.8 Å². The Kier molecular flexibility index (Phi) is 7.54. The van der Waals surface area contributed by atoms with Crippen LogP contribution in [0.1, 0.15) is 19.4 Å². The molecule has 1 N–H and O–H groups in total. The number of hydrogen-bond acceptors (Lipinski definition) is 3. The van der Waals surface area contributed by atoms with Gasteiger partial charge in [0.25, 0.3) is 0 Å². The number of halogens is 2. The van der Waals surface area contributed by atoms with Crippen LogP contribution in [0, 0.1) is 0 Å². The highest BCUT2D eigenvalue weighted by molar-refractivity contribution is 6.37. The highest BCUT2D eigenvalue weighted by atomic mass is 35.5. The molecule has 1 rings (SSSR count). The van der Waals surface area contributed by atoms with Gasteiger partial charge in [0.05, 0.1) is 17.2 Å². The lowest BCUT2D eigenvalue weighted by atomic mass is 10.2. The molecule has 0 aromatic heterocycles. The van der Waals surface area contributed by atoms with Crippen LogP contribution >= 0.6 is 23.2 Å². The van der Waals surface area contributed by atoms with E-state index in [2.05, 4.69) is 24.1 Å². The second-order valence-corrected chi connectivity index (χ2v) is 5.11. The molecule has 0 saturated carbocycles. The molecule has 0 fully saturated rings. The van der Waals surface area contributed by atoms with Crippen LogP contribution in [-0.4, -0.2) is 38.2 Å². The predicted molar refractivity (Wildman–Crippen MR) is 82.5 cm³/mol. The Balaban J connectivity index is 2.46. The van der Waals surface area contributed by atoms with Crippen LogP contribution in [0.15, 0.2) is 12.1 Å². The fourth-order valence-electron chi connectivity index (χ4n) is 1.92. The first kappa shape index (κ1) is 16.6. The predicted octanol–water partition coefficient (Wildman–Crippen LogP) is 3.43. The SMILES string of the molecule is CCN(CC)CCNCc1cc(Cl)c(OC)c(Cl)c1. The Bertz CT molecular complexity index is 372. The number of methoxy groups -OCH3 is 1. The topological polar surface area (TPSA) is 24.5 Å². The van der Waals surface area contributed by atoms with Crippen LogP contribution in [0.25, 0.3) is 0 Å². The van der Waals surface area contributed by atoms with Crippen LogP contribution in [0.5, 0.6) is 5.75 Å². The third kappa shape index (κ3) is 5.19. The average Bonchev–Trinajstić information content (AvgIpc) is 2.38. The molecule has 0 radical (unpaired) electrons. The molecule has 0 unspecified atom stereocenters. The number of ether oxygens (including phenoxy) is 1. The van der Waals surface area contributed by atoms with Crippen molar-refractivity contribution in [3.63, 3.8) is 0 Å². The second kappa shape index (κ2) is 8.64. The second-order valence-electron chi connectivity index (χ2n) is 4.30. The molecule has 108 valence electrons. The fraction of sp³-hybridized carbons (Fsp3) is 0.571. The summed E-state index contributed by atoms with van der Waals surface area (Å²) in [5.74, 6) is 0.537. The zero-order chi connectivity index (χ0) is 14.3. The summed E-state index contributed by atoms with van der Waals surface area (Å²) in [4.78, 5) is 2.38. The number of hydrogen-bond donors (Lipinski definition) is 1. The minimum absolute atomic E-state index is 0.537. The van der Waals surface area contributed by atoms with Gasteiger partial charge in [-0.25, -0.2) is 0 Å². The largest absolute Gasteiger partial charge is 0.494 e. The molecule has 0 atom stereocenters. The maximum atomic E-state index is 6.10. The van der Waals surface area contributed by atoms with Crippen molar-refractivity contribution >= 4 is 23.2 Å². The number of benzene rings is 1. The molecule has 3 nitrogen and oxygen atoms in total. The Labute approximate surface area is 125 Å². The number of rotatable bonds is 8. The van der Waals surface area contributed by atoms with Crippen molar-refractivity contribution in [1.82, 2.24) is 10.2 Å². The molecule has 0 amide bonds. The molecule has 1 aromatic rings. The van der Waals surface area contributed by atoms with E-state index < -0.39 is 0 Å². The highest BCUT2D eigenvalue weighted by Gasteiger charge is 2.08. The van der Waals surface area contributed by atoms with E-state index in [1.54, 1.807) is 7.11 Å². The number of nitrogens with zero attached hydrogens (tertiary/aromatic N) is 1. The minimum Gasteiger partial charge on any atom is -0.494 e. The van der Waals surface area contributed by atoms with Crippen LogP contribution in [0.4, 0.5) is 0 Å². The molecular formula is C14H22Cl2N2O. The smallest absolute Gasteiger partial charge is 0.156 e. The molecule has 0 heterocycles. The third-order valence-corrected chi connectivity index (χ3v) is 3.65. The van der Waals surface area contributed by atoms with Gasteiger partial charge < -0.3 is 15.0 Å². The van der Waals surface area contributed by atoms with Crippen LogP contribution < -0.4 is 10.1 Å². The van der Waals surface area contributed by atoms with E-state index in [0.717, 1.165) is 38.3 Å². The zero-order valence-corrected chi connectivity index (χ0v) is 13.3. The summed E-state index contributed by atoms with van der Waals surface area (Å²) in [5, 5.41) is 4.50. The van der Waals surface area contributed by atoms with E-state index in [0.29, 0.717) is 15.8 Å². The Morgan fingerprint density at radius 1 is 1.16 bits per heavy atom. The lowest BCUT2D eigenvalue weighted by molar-refractivity contribution is 0.302. The van der Waals surface area contributed by atoms with Crippen molar-refractivity contribution in [3.05, 3.63) is 27.7 Å². The molecule has 19 heavy (non-hydrogen) atoms.